The maximum absolute atomic E-state index is 13.1. The molecular weight excluding hydrogens is 364 g/mol. The van der Waals surface area contributed by atoms with Gasteiger partial charge in [-0.05, 0) is 49.2 Å². The quantitative estimate of drug-likeness (QED) is 0.818. The molecule has 6 nitrogen and oxygen atoms in total. The standard InChI is InChI=1S/C23H28N4O2/c1-18-14-19(2)16-20(15-18)27(9-5-8-24)23(29)17-25-10-12-26(13-11-25)21-6-3-4-7-22(21)28/h3-4,6-7,14-16,28H,5,9-13,17H2,1-2H3. The molecule has 6 heteroatoms. The maximum Gasteiger partial charge on any atom is 0.241 e. The minimum absolute atomic E-state index is 0.0151. The first-order valence-corrected chi connectivity index (χ1v) is 9.99. The molecule has 0 radical (unpaired) electrons. The molecule has 2 aromatic carbocycles. The molecular formula is C23H28N4O2. The molecule has 0 aliphatic carbocycles. The van der Waals surface area contributed by atoms with E-state index in [1.54, 1.807) is 11.0 Å². The minimum atomic E-state index is 0.0151. The first-order valence-electron chi connectivity index (χ1n) is 9.99. The van der Waals surface area contributed by atoms with Crippen LogP contribution in [0.25, 0.3) is 0 Å². The van der Waals surface area contributed by atoms with E-state index in [9.17, 15) is 9.90 Å². The van der Waals surface area contributed by atoms with E-state index in [0.29, 0.717) is 19.5 Å². The van der Waals surface area contributed by atoms with E-state index in [2.05, 4.69) is 21.9 Å². The average molecular weight is 393 g/mol. The third kappa shape index (κ3) is 5.27. The van der Waals surface area contributed by atoms with Crippen molar-refractivity contribution >= 4 is 17.3 Å². The third-order valence-electron chi connectivity index (χ3n) is 5.22. The molecule has 0 unspecified atom stereocenters. The van der Waals surface area contributed by atoms with Crippen LogP contribution < -0.4 is 9.80 Å². The van der Waals surface area contributed by atoms with Crippen molar-refractivity contribution in [2.24, 2.45) is 0 Å². The number of amides is 1. The zero-order valence-corrected chi connectivity index (χ0v) is 17.1. The summed E-state index contributed by atoms with van der Waals surface area (Å²) in [5.41, 5.74) is 3.90. The van der Waals surface area contributed by atoms with Crippen LogP contribution in [-0.4, -0.2) is 55.2 Å². The SMILES string of the molecule is Cc1cc(C)cc(N(CCC#N)C(=O)CN2CCN(c3ccccc3O)CC2)c1. The molecule has 2 aromatic rings. The second-order valence-corrected chi connectivity index (χ2v) is 7.55. The Kier molecular flexibility index (Phi) is 6.73. The van der Waals surface area contributed by atoms with Gasteiger partial charge in [-0.2, -0.15) is 5.26 Å². The number of piperazine rings is 1. The predicted molar refractivity (Wildman–Crippen MR) is 115 cm³/mol. The first kappa shape index (κ1) is 20.7. The molecule has 0 bridgehead atoms. The van der Waals surface area contributed by atoms with Crippen molar-refractivity contribution in [3.05, 3.63) is 53.6 Å². The molecule has 3 rings (SSSR count). The van der Waals surface area contributed by atoms with Crippen LogP contribution in [0.4, 0.5) is 11.4 Å². The van der Waals surface area contributed by atoms with Gasteiger partial charge in [-0.15, -0.1) is 0 Å². The summed E-state index contributed by atoms with van der Waals surface area (Å²) in [4.78, 5) is 19.1. The number of nitriles is 1. The summed E-state index contributed by atoms with van der Waals surface area (Å²) in [6, 6.07) is 15.6. The van der Waals surface area contributed by atoms with E-state index in [4.69, 9.17) is 5.26 Å². The average Bonchev–Trinajstić information content (AvgIpc) is 2.69. The number of aromatic hydroxyl groups is 1. The number of carbonyl (C=O) groups is 1. The molecule has 1 amide bonds. The Labute approximate surface area is 172 Å². The number of hydrogen-bond acceptors (Lipinski definition) is 5. The summed E-state index contributed by atoms with van der Waals surface area (Å²) >= 11 is 0. The van der Waals surface area contributed by atoms with E-state index < -0.39 is 0 Å². The van der Waals surface area contributed by atoms with Crippen LogP contribution >= 0.6 is 0 Å². The van der Waals surface area contributed by atoms with Crippen LogP contribution in [0.5, 0.6) is 5.75 Å². The molecule has 1 fully saturated rings. The number of phenols is 1. The minimum Gasteiger partial charge on any atom is -0.506 e. The molecule has 0 spiro atoms. The monoisotopic (exact) mass is 392 g/mol. The van der Waals surface area contributed by atoms with Gasteiger partial charge in [0.15, 0.2) is 0 Å². The summed E-state index contributed by atoms with van der Waals surface area (Å²) in [7, 11) is 0. The molecule has 152 valence electrons. The molecule has 1 saturated heterocycles. The van der Waals surface area contributed by atoms with Crippen LogP contribution in [0.1, 0.15) is 17.5 Å². The van der Waals surface area contributed by atoms with Crippen molar-refractivity contribution in [2.75, 3.05) is 49.1 Å². The molecule has 1 heterocycles. The van der Waals surface area contributed by atoms with Gasteiger partial charge in [0.1, 0.15) is 5.75 Å². The number of phenolic OH excluding ortho intramolecular Hbond substituents is 1. The van der Waals surface area contributed by atoms with Crippen molar-refractivity contribution in [3.63, 3.8) is 0 Å². The third-order valence-corrected chi connectivity index (χ3v) is 5.22. The van der Waals surface area contributed by atoms with Crippen molar-refractivity contribution in [1.82, 2.24) is 4.90 Å². The fraction of sp³-hybridized carbons (Fsp3) is 0.391. The summed E-state index contributed by atoms with van der Waals surface area (Å²) in [6.45, 7) is 7.77. The maximum atomic E-state index is 13.1. The van der Waals surface area contributed by atoms with E-state index in [0.717, 1.165) is 48.7 Å². The van der Waals surface area contributed by atoms with Crippen LogP contribution in [-0.2, 0) is 4.79 Å². The number of rotatable bonds is 6. The highest BCUT2D eigenvalue weighted by Crippen LogP contribution is 2.27. The normalized spacial score (nSPS) is 14.4. The lowest BCUT2D eigenvalue weighted by Gasteiger charge is -2.36. The lowest BCUT2D eigenvalue weighted by atomic mass is 10.1. The molecule has 0 saturated carbocycles. The first-order chi connectivity index (χ1) is 14.0. The Balaban J connectivity index is 1.64. The van der Waals surface area contributed by atoms with Gasteiger partial charge in [0.05, 0.1) is 24.7 Å². The van der Waals surface area contributed by atoms with Gasteiger partial charge in [-0.3, -0.25) is 9.69 Å². The van der Waals surface area contributed by atoms with E-state index in [1.807, 2.05) is 44.2 Å². The molecule has 1 aliphatic rings. The molecule has 0 atom stereocenters. The Morgan fingerprint density at radius 3 is 2.38 bits per heavy atom. The topological polar surface area (TPSA) is 70.8 Å². The van der Waals surface area contributed by atoms with Gasteiger partial charge in [0.2, 0.25) is 5.91 Å². The van der Waals surface area contributed by atoms with E-state index in [-0.39, 0.29) is 11.7 Å². The highest BCUT2D eigenvalue weighted by atomic mass is 16.3. The zero-order chi connectivity index (χ0) is 20.8. The number of nitrogens with zero attached hydrogens (tertiary/aromatic N) is 4. The zero-order valence-electron chi connectivity index (χ0n) is 17.1. The van der Waals surface area contributed by atoms with Gasteiger partial charge in [-0.25, -0.2) is 0 Å². The molecule has 1 N–H and O–H groups in total. The van der Waals surface area contributed by atoms with E-state index >= 15 is 0 Å². The lowest BCUT2D eigenvalue weighted by molar-refractivity contribution is -0.119. The Hall–Kier alpha value is -3.04. The molecule has 0 aromatic heterocycles. The fourth-order valence-electron chi connectivity index (χ4n) is 3.82. The van der Waals surface area contributed by atoms with Crippen LogP contribution in [0.2, 0.25) is 0 Å². The Morgan fingerprint density at radius 2 is 1.76 bits per heavy atom. The number of benzene rings is 2. The number of carbonyl (C=O) groups excluding carboxylic acids is 1. The van der Waals surface area contributed by atoms with Gasteiger partial charge >= 0.3 is 0 Å². The second-order valence-electron chi connectivity index (χ2n) is 7.55. The van der Waals surface area contributed by atoms with Crippen LogP contribution in [0.3, 0.4) is 0 Å². The van der Waals surface area contributed by atoms with Gasteiger partial charge in [0.25, 0.3) is 0 Å². The second kappa shape index (κ2) is 9.44. The summed E-state index contributed by atoms with van der Waals surface area (Å²) < 4.78 is 0. The van der Waals surface area contributed by atoms with E-state index in [1.165, 1.54) is 0 Å². The lowest BCUT2D eigenvalue weighted by Crippen LogP contribution is -2.50. The van der Waals surface area contributed by atoms with Gasteiger partial charge < -0.3 is 14.9 Å². The Bertz CT molecular complexity index is 878. The molecule has 29 heavy (non-hydrogen) atoms. The summed E-state index contributed by atoms with van der Waals surface area (Å²) in [6.07, 6.45) is 0.305. The number of hydrogen-bond donors (Lipinski definition) is 1. The van der Waals surface area contributed by atoms with Crippen molar-refractivity contribution in [3.8, 4) is 11.8 Å². The fourth-order valence-corrected chi connectivity index (χ4v) is 3.82. The van der Waals surface area contributed by atoms with Crippen LogP contribution in [0, 0.1) is 25.2 Å². The molecule has 1 aliphatic heterocycles. The summed E-state index contributed by atoms with van der Waals surface area (Å²) in [5.74, 6) is 0.302. The van der Waals surface area contributed by atoms with Crippen molar-refractivity contribution < 1.29 is 9.90 Å². The summed E-state index contributed by atoms with van der Waals surface area (Å²) in [5, 5.41) is 19.1. The van der Waals surface area contributed by atoms with Gasteiger partial charge in [0, 0.05) is 38.4 Å². The number of para-hydroxylation sites is 2. The van der Waals surface area contributed by atoms with Crippen molar-refractivity contribution in [1.29, 1.82) is 5.26 Å². The van der Waals surface area contributed by atoms with Gasteiger partial charge in [-0.1, -0.05) is 18.2 Å². The predicted octanol–water partition coefficient (Wildman–Crippen LogP) is 3.08. The highest BCUT2D eigenvalue weighted by Gasteiger charge is 2.23. The highest BCUT2D eigenvalue weighted by molar-refractivity contribution is 5.95. The number of anilines is 2. The van der Waals surface area contributed by atoms with Crippen molar-refractivity contribution in [2.45, 2.75) is 20.3 Å². The smallest absolute Gasteiger partial charge is 0.241 e. The largest absolute Gasteiger partial charge is 0.506 e. The van der Waals surface area contributed by atoms with Crippen LogP contribution in [0.15, 0.2) is 42.5 Å². The Morgan fingerprint density at radius 1 is 1.10 bits per heavy atom. The number of aryl methyl sites for hydroxylation is 2.